The maximum absolute atomic E-state index is 13.7. The van der Waals surface area contributed by atoms with Crippen LogP contribution >= 0.6 is 22.9 Å². The molecule has 206 valence electrons. The molecule has 0 saturated heterocycles. The van der Waals surface area contributed by atoms with E-state index in [4.69, 9.17) is 17.3 Å². The molecule has 0 aliphatic rings. The molecule has 40 heavy (non-hydrogen) atoms. The summed E-state index contributed by atoms with van der Waals surface area (Å²) < 4.78 is 44.3. The summed E-state index contributed by atoms with van der Waals surface area (Å²) in [5, 5.41) is 12.0. The van der Waals surface area contributed by atoms with Crippen molar-refractivity contribution in [1.29, 1.82) is 0 Å². The number of rotatable bonds is 6. The van der Waals surface area contributed by atoms with E-state index in [1.165, 1.54) is 10.7 Å². The second-order valence-corrected chi connectivity index (χ2v) is 10.5. The highest BCUT2D eigenvalue weighted by Gasteiger charge is 2.35. The van der Waals surface area contributed by atoms with E-state index in [2.05, 4.69) is 20.5 Å². The number of nitrogens with one attached hydrogen (secondary N) is 1. The third kappa shape index (κ3) is 5.05. The number of carbonyl (C=O) groups is 2. The van der Waals surface area contributed by atoms with Crippen LogP contribution in [0.3, 0.4) is 0 Å². The van der Waals surface area contributed by atoms with Crippen molar-refractivity contribution in [3.05, 3.63) is 80.8 Å². The molecule has 1 aromatic carbocycles. The van der Waals surface area contributed by atoms with Gasteiger partial charge in [0.1, 0.15) is 22.1 Å². The molecule has 5 aromatic rings. The first-order valence-corrected chi connectivity index (χ1v) is 13.0. The first-order valence-electron chi connectivity index (χ1n) is 11.8. The van der Waals surface area contributed by atoms with Crippen LogP contribution in [-0.2, 0) is 12.8 Å². The molecule has 0 atom stereocenters. The molecule has 5 rings (SSSR count). The minimum Gasteiger partial charge on any atom is -0.365 e. The maximum atomic E-state index is 13.7. The molecule has 0 bridgehead atoms. The first kappa shape index (κ1) is 27.3. The number of thiophene rings is 1. The molecular formula is C26H21ClF3N7O2S. The summed E-state index contributed by atoms with van der Waals surface area (Å²) in [6, 6.07) is 9.17. The number of aromatic nitrogens is 5. The smallest absolute Gasteiger partial charge is 0.365 e. The van der Waals surface area contributed by atoms with Crippen LogP contribution in [0.15, 0.2) is 42.6 Å². The fraction of sp³-hybridized carbons (Fsp3) is 0.192. The summed E-state index contributed by atoms with van der Waals surface area (Å²) in [6.07, 6.45) is -3.18. The number of aryl methyl sites for hydroxylation is 2. The van der Waals surface area contributed by atoms with Crippen LogP contribution in [0.4, 0.5) is 18.9 Å². The van der Waals surface area contributed by atoms with E-state index >= 15 is 0 Å². The Bertz CT molecular complexity index is 1790. The van der Waals surface area contributed by atoms with Gasteiger partial charge in [0, 0.05) is 11.6 Å². The number of anilines is 1. The minimum atomic E-state index is -4.74. The zero-order valence-corrected chi connectivity index (χ0v) is 22.9. The summed E-state index contributed by atoms with van der Waals surface area (Å²) in [6.45, 7) is 5.60. The van der Waals surface area contributed by atoms with E-state index in [1.54, 1.807) is 49.0 Å². The van der Waals surface area contributed by atoms with Crippen LogP contribution in [0.2, 0.25) is 5.02 Å². The molecule has 0 spiro atoms. The lowest BCUT2D eigenvalue weighted by atomic mass is 10.00. The summed E-state index contributed by atoms with van der Waals surface area (Å²) in [4.78, 5) is 29.1. The van der Waals surface area contributed by atoms with Gasteiger partial charge in [-0.1, -0.05) is 41.4 Å². The monoisotopic (exact) mass is 587 g/mol. The van der Waals surface area contributed by atoms with Gasteiger partial charge < -0.3 is 11.1 Å². The Balaban J connectivity index is 1.57. The number of halogens is 4. The standard InChI is InChI=1S/C26H21ClF3N7O2S/c1-12-4-6-15(7-5-12)16-10-18(26(28,29)30)32-25-19(16)21(22(40-25)23(31)38)33-24(39)17-8-9-36(35-17)11-37-14(3)20(27)13(2)34-37/h4-10H,11H2,1-3H3,(H2,31,38)(H,33,39). The van der Waals surface area contributed by atoms with Crippen molar-refractivity contribution < 1.29 is 22.8 Å². The minimum absolute atomic E-state index is 0.000782. The van der Waals surface area contributed by atoms with Crippen LogP contribution in [0, 0.1) is 20.8 Å². The molecular weight excluding hydrogens is 567 g/mol. The lowest BCUT2D eigenvalue weighted by Crippen LogP contribution is -2.18. The van der Waals surface area contributed by atoms with Gasteiger partial charge in [0.25, 0.3) is 11.8 Å². The van der Waals surface area contributed by atoms with Crippen LogP contribution < -0.4 is 11.1 Å². The number of pyridine rings is 1. The van der Waals surface area contributed by atoms with Crippen molar-refractivity contribution in [3.8, 4) is 11.1 Å². The third-order valence-corrected chi connectivity index (χ3v) is 7.87. The Kier molecular flexibility index (Phi) is 6.88. The second kappa shape index (κ2) is 10.1. The van der Waals surface area contributed by atoms with E-state index in [9.17, 15) is 22.8 Å². The predicted octanol–water partition coefficient (Wildman–Crippen LogP) is 5.81. The number of primary amides is 1. The van der Waals surface area contributed by atoms with E-state index < -0.39 is 23.7 Å². The molecule has 3 N–H and O–H groups in total. The number of fused-ring (bicyclic) bond motifs is 1. The lowest BCUT2D eigenvalue weighted by Gasteiger charge is -2.12. The van der Waals surface area contributed by atoms with Crippen LogP contribution in [-0.4, -0.2) is 36.4 Å². The molecule has 0 unspecified atom stereocenters. The van der Waals surface area contributed by atoms with Crippen molar-refractivity contribution in [3.63, 3.8) is 0 Å². The Labute approximate surface area is 234 Å². The normalized spacial score (nSPS) is 11.8. The van der Waals surface area contributed by atoms with E-state index in [-0.39, 0.29) is 38.7 Å². The Morgan fingerprint density at radius 3 is 2.40 bits per heavy atom. The molecule has 2 amide bonds. The Morgan fingerprint density at radius 1 is 1.10 bits per heavy atom. The molecule has 14 heteroatoms. The van der Waals surface area contributed by atoms with Crippen molar-refractivity contribution in [1.82, 2.24) is 24.5 Å². The van der Waals surface area contributed by atoms with Crippen molar-refractivity contribution in [2.24, 2.45) is 5.73 Å². The average Bonchev–Trinajstić information content (AvgIpc) is 3.57. The number of carbonyl (C=O) groups excluding carboxylic acids is 2. The second-order valence-electron chi connectivity index (χ2n) is 9.09. The molecule has 0 aliphatic carbocycles. The Hall–Kier alpha value is -4.23. The SMILES string of the molecule is Cc1ccc(-c2cc(C(F)(F)F)nc3sc(C(N)=O)c(NC(=O)c4ccn(Cn5nc(C)c(Cl)c5C)n4)c23)cc1. The molecule has 0 saturated carbocycles. The van der Waals surface area contributed by atoms with Gasteiger partial charge in [0.05, 0.1) is 22.1 Å². The molecule has 0 aliphatic heterocycles. The Morgan fingerprint density at radius 2 is 1.80 bits per heavy atom. The summed E-state index contributed by atoms with van der Waals surface area (Å²) in [5.41, 5.74) is 7.28. The van der Waals surface area contributed by atoms with E-state index in [1.807, 2.05) is 6.92 Å². The largest absolute Gasteiger partial charge is 0.433 e. The van der Waals surface area contributed by atoms with Gasteiger partial charge in [-0.2, -0.15) is 23.4 Å². The highest BCUT2D eigenvalue weighted by atomic mass is 35.5. The quantitative estimate of drug-likeness (QED) is 0.260. The molecule has 4 heterocycles. The number of alkyl halides is 3. The van der Waals surface area contributed by atoms with Gasteiger partial charge in [0.2, 0.25) is 0 Å². The third-order valence-electron chi connectivity index (χ3n) is 6.22. The van der Waals surface area contributed by atoms with Crippen LogP contribution in [0.25, 0.3) is 21.3 Å². The van der Waals surface area contributed by atoms with Crippen LogP contribution in [0.5, 0.6) is 0 Å². The van der Waals surface area contributed by atoms with E-state index in [0.29, 0.717) is 27.6 Å². The first-order chi connectivity index (χ1) is 18.8. The number of hydrogen-bond donors (Lipinski definition) is 2. The molecule has 0 fully saturated rings. The van der Waals surface area contributed by atoms with Crippen molar-refractivity contribution in [2.45, 2.75) is 33.6 Å². The lowest BCUT2D eigenvalue weighted by molar-refractivity contribution is -0.140. The topological polar surface area (TPSA) is 121 Å². The number of hydrogen-bond acceptors (Lipinski definition) is 6. The zero-order valence-electron chi connectivity index (χ0n) is 21.3. The van der Waals surface area contributed by atoms with Gasteiger partial charge in [0.15, 0.2) is 5.69 Å². The zero-order chi connectivity index (χ0) is 28.9. The van der Waals surface area contributed by atoms with Crippen molar-refractivity contribution >= 4 is 50.7 Å². The molecule has 9 nitrogen and oxygen atoms in total. The summed E-state index contributed by atoms with van der Waals surface area (Å²) in [7, 11) is 0. The fourth-order valence-electron chi connectivity index (χ4n) is 4.19. The highest BCUT2D eigenvalue weighted by molar-refractivity contribution is 7.21. The molecule has 0 radical (unpaired) electrons. The average molecular weight is 588 g/mol. The number of amides is 2. The van der Waals surface area contributed by atoms with E-state index in [0.717, 1.165) is 17.3 Å². The van der Waals surface area contributed by atoms with Gasteiger partial charge >= 0.3 is 6.18 Å². The highest BCUT2D eigenvalue weighted by Crippen LogP contribution is 2.43. The number of nitrogens with two attached hydrogens (primary N) is 1. The van der Waals surface area contributed by atoms with Gasteiger partial charge in [-0.05, 0) is 44.0 Å². The fourth-order valence-corrected chi connectivity index (χ4v) is 5.33. The number of benzene rings is 1. The van der Waals surface area contributed by atoms with Gasteiger partial charge in [-0.3, -0.25) is 14.3 Å². The van der Waals surface area contributed by atoms with Crippen molar-refractivity contribution in [2.75, 3.05) is 5.32 Å². The van der Waals surface area contributed by atoms with Crippen LogP contribution in [0.1, 0.15) is 42.8 Å². The maximum Gasteiger partial charge on any atom is 0.433 e. The van der Waals surface area contributed by atoms with Gasteiger partial charge in [-0.25, -0.2) is 9.67 Å². The molecule has 4 aromatic heterocycles. The summed E-state index contributed by atoms with van der Waals surface area (Å²) in [5.74, 6) is -1.62. The predicted molar refractivity (Wildman–Crippen MR) is 146 cm³/mol. The summed E-state index contributed by atoms with van der Waals surface area (Å²) >= 11 is 6.88. The number of nitrogens with zero attached hydrogens (tertiary/aromatic N) is 5. The van der Waals surface area contributed by atoms with Gasteiger partial charge in [-0.15, -0.1) is 11.3 Å².